The fraction of sp³-hybridized carbons (Fsp3) is 0.500. The molecule has 1 amide bonds. The van der Waals surface area contributed by atoms with Crippen molar-refractivity contribution in [3.63, 3.8) is 0 Å². The van der Waals surface area contributed by atoms with Crippen LogP contribution in [0.15, 0.2) is 24.3 Å². The van der Waals surface area contributed by atoms with E-state index in [1.54, 1.807) is 7.11 Å². The molecule has 0 aliphatic rings. The fourth-order valence-electron chi connectivity index (χ4n) is 1.72. The molecular weight excluding hydrogens is 244 g/mol. The van der Waals surface area contributed by atoms with Crippen LogP contribution in [0, 0.1) is 0 Å². The van der Waals surface area contributed by atoms with Gasteiger partial charge in [-0.2, -0.15) is 0 Å². The molecule has 0 saturated heterocycles. The summed E-state index contributed by atoms with van der Waals surface area (Å²) < 4.78 is 10.7. The van der Waals surface area contributed by atoms with Crippen LogP contribution in [-0.4, -0.2) is 25.7 Å². The van der Waals surface area contributed by atoms with Gasteiger partial charge in [-0.3, -0.25) is 10.2 Å². The first-order valence-corrected chi connectivity index (χ1v) is 6.46. The largest absolute Gasteiger partial charge is 0.481 e. The standard InChI is InChI=1S/C14H22N2O3/c1-3-4-13(14(17)16-15)19-12-7-5-11(6-8-12)9-10-18-2/h5-8,13H,3-4,9-10,15H2,1-2H3,(H,16,17). The van der Waals surface area contributed by atoms with Crippen LogP contribution in [0.3, 0.4) is 0 Å². The topological polar surface area (TPSA) is 73.6 Å². The van der Waals surface area contributed by atoms with Crippen molar-refractivity contribution in [2.24, 2.45) is 5.84 Å². The van der Waals surface area contributed by atoms with Crippen molar-refractivity contribution < 1.29 is 14.3 Å². The first-order chi connectivity index (χ1) is 9.21. The lowest BCUT2D eigenvalue weighted by atomic mass is 10.1. The predicted octanol–water partition coefficient (Wildman–Crippen LogP) is 1.41. The molecule has 1 rings (SSSR count). The molecule has 19 heavy (non-hydrogen) atoms. The lowest BCUT2D eigenvalue weighted by Crippen LogP contribution is -2.42. The number of methoxy groups -OCH3 is 1. The van der Waals surface area contributed by atoms with E-state index in [2.05, 4.69) is 5.43 Å². The van der Waals surface area contributed by atoms with E-state index in [9.17, 15) is 4.79 Å². The Morgan fingerprint density at radius 3 is 2.58 bits per heavy atom. The minimum absolute atomic E-state index is 0.301. The van der Waals surface area contributed by atoms with Crippen LogP contribution < -0.4 is 16.0 Å². The molecule has 1 unspecified atom stereocenters. The molecule has 0 heterocycles. The maximum Gasteiger partial charge on any atom is 0.274 e. The summed E-state index contributed by atoms with van der Waals surface area (Å²) in [6.07, 6.45) is 1.80. The molecule has 3 N–H and O–H groups in total. The van der Waals surface area contributed by atoms with E-state index in [-0.39, 0.29) is 5.91 Å². The van der Waals surface area contributed by atoms with Crippen molar-refractivity contribution in [3.05, 3.63) is 29.8 Å². The number of amides is 1. The lowest BCUT2D eigenvalue weighted by molar-refractivity contribution is -0.128. The Morgan fingerprint density at radius 2 is 2.05 bits per heavy atom. The molecule has 1 aromatic rings. The monoisotopic (exact) mass is 266 g/mol. The van der Waals surface area contributed by atoms with Gasteiger partial charge < -0.3 is 9.47 Å². The molecule has 0 aliphatic heterocycles. The van der Waals surface area contributed by atoms with E-state index in [1.807, 2.05) is 31.2 Å². The molecule has 0 aromatic heterocycles. The number of carbonyl (C=O) groups excluding carboxylic acids is 1. The summed E-state index contributed by atoms with van der Waals surface area (Å²) in [6, 6.07) is 7.66. The zero-order valence-corrected chi connectivity index (χ0v) is 11.5. The predicted molar refractivity (Wildman–Crippen MR) is 73.7 cm³/mol. The minimum Gasteiger partial charge on any atom is -0.481 e. The third-order valence-electron chi connectivity index (χ3n) is 2.78. The molecule has 0 bridgehead atoms. The van der Waals surface area contributed by atoms with Crippen molar-refractivity contribution in [2.45, 2.75) is 32.3 Å². The molecule has 0 saturated carbocycles. The summed E-state index contributed by atoms with van der Waals surface area (Å²) in [6.45, 7) is 2.68. The number of ether oxygens (including phenoxy) is 2. The van der Waals surface area contributed by atoms with Crippen molar-refractivity contribution in [2.75, 3.05) is 13.7 Å². The molecule has 5 nitrogen and oxygen atoms in total. The van der Waals surface area contributed by atoms with Crippen molar-refractivity contribution >= 4 is 5.91 Å². The zero-order valence-electron chi connectivity index (χ0n) is 11.5. The molecule has 0 fully saturated rings. The average molecular weight is 266 g/mol. The highest BCUT2D eigenvalue weighted by molar-refractivity contribution is 5.80. The summed E-state index contributed by atoms with van der Waals surface area (Å²) in [5.74, 6) is 5.51. The normalized spacial score (nSPS) is 11.9. The number of carbonyl (C=O) groups is 1. The summed E-state index contributed by atoms with van der Waals surface area (Å²) >= 11 is 0. The van der Waals surface area contributed by atoms with Gasteiger partial charge in [-0.25, -0.2) is 5.84 Å². The number of hydrogen-bond donors (Lipinski definition) is 2. The Morgan fingerprint density at radius 1 is 1.37 bits per heavy atom. The second-order valence-electron chi connectivity index (χ2n) is 4.29. The summed E-state index contributed by atoms with van der Waals surface area (Å²) in [5, 5.41) is 0. The highest BCUT2D eigenvalue weighted by atomic mass is 16.5. The van der Waals surface area contributed by atoms with Gasteiger partial charge in [0.25, 0.3) is 5.91 Å². The molecule has 0 spiro atoms. The second-order valence-corrected chi connectivity index (χ2v) is 4.29. The lowest BCUT2D eigenvalue weighted by Gasteiger charge is -2.17. The summed E-state index contributed by atoms with van der Waals surface area (Å²) in [4.78, 5) is 11.5. The maximum atomic E-state index is 11.5. The van der Waals surface area contributed by atoms with Crippen LogP contribution in [0.2, 0.25) is 0 Å². The van der Waals surface area contributed by atoms with Crippen LogP contribution in [0.5, 0.6) is 5.75 Å². The van der Waals surface area contributed by atoms with Crippen LogP contribution in [0.1, 0.15) is 25.3 Å². The highest BCUT2D eigenvalue weighted by Gasteiger charge is 2.18. The Bertz CT molecular complexity index is 379. The van der Waals surface area contributed by atoms with Gasteiger partial charge in [-0.1, -0.05) is 25.5 Å². The quantitative estimate of drug-likeness (QED) is 0.424. The molecule has 5 heteroatoms. The van der Waals surface area contributed by atoms with Crippen LogP contribution in [-0.2, 0) is 16.0 Å². The Balaban J connectivity index is 2.61. The van der Waals surface area contributed by atoms with Gasteiger partial charge in [0.2, 0.25) is 0 Å². The number of hydrazine groups is 1. The smallest absolute Gasteiger partial charge is 0.274 e. The van der Waals surface area contributed by atoms with Crippen molar-refractivity contribution in [3.8, 4) is 5.75 Å². The number of benzene rings is 1. The minimum atomic E-state index is -0.542. The molecule has 0 aliphatic carbocycles. The Hall–Kier alpha value is -1.59. The van der Waals surface area contributed by atoms with Crippen molar-refractivity contribution in [1.82, 2.24) is 5.43 Å². The first kappa shape index (κ1) is 15.5. The van der Waals surface area contributed by atoms with Crippen LogP contribution in [0.4, 0.5) is 0 Å². The number of nitrogens with two attached hydrogens (primary N) is 1. The summed E-state index contributed by atoms with van der Waals surface area (Å²) in [5.41, 5.74) is 3.30. The fourth-order valence-corrected chi connectivity index (χ4v) is 1.72. The number of nitrogens with one attached hydrogen (secondary N) is 1. The van der Waals surface area contributed by atoms with E-state index in [4.69, 9.17) is 15.3 Å². The van der Waals surface area contributed by atoms with Gasteiger partial charge in [0, 0.05) is 7.11 Å². The van der Waals surface area contributed by atoms with Crippen LogP contribution in [0.25, 0.3) is 0 Å². The maximum absolute atomic E-state index is 11.5. The van der Waals surface area contributed by atoms with Gasteiger partial charge in [-0.15, -0.1) is 0 Å². The van der Waals surface area contributed by atoms with E-state index >= 15 is 0 Å². The van der Waals surface area contributed by atoms with Gasteiger partial charge in [0.1, 0.15) is 5.75 Å². The van der Waals surface area contributed by atoms with Gasteiger partial charge in [-0.05, 0) is 30.5 Å². The van der Waals surface area contributed by atoms with Gasteiger partial charge >= 0.3 is 0 Å². The highest BCUT2D eigenvalue weighted by Crippen LogP contribution is 2.16. The third-order valence-corrected chi connectivity index (χ3v) is 2.78. The SMILES string of the molecule is CCCC(Oc1ccc(CCOC)cc1)C(=O)NN. The third kappa shape index (κ3) is 5.28. The Labute approximate surface area is 114 Å². The van der Waals surface area contributed by atoms with E-state index in [1.165, 1.54) is 5.56 Å². The van der Waals surface area contributed by atoms with E-state index in [0.29, 0.717) is 18.8 Å². The van der Waals surface area contributed by atoms with Crippen molar-refractivity contribution in [1.29, 1.82) is 0 Å². The number of hydrogen-bond acceptors (Lipinski definition) is 4. The first-order valence-electron chi connectivity index (χ1n) is 6.46. The molecular formula is C14H22N2O3. The van der Waals surface area contributed by atoms with E-state index < -0.39 is 6.10 Å². The zero-order chi connectivity index (χ0) is 14.1. The van der Waals surface area contributed by atoms with Gasteiger partial charge in [0.05, 0.1) is 6.61 Å². The molecule has 1 atom stereocenters. The molecule has 1 aromatic carbocycles. The summed E-state index contributed by atoms with van der Waals surface area (Å²) in [7, 11) is 1.68. The average Bonchev–Trinajstić information content (AvgIpc) is 2.45. The Kier molecular flexibility index (Phi) is 6.92. The van der Waals surface area contributed by atoms with E-state index in [0.717, 1.165) is 12.8 Å². The van der Waals surface area contributed by atoms with Crippen LogP contribution >= 0.6 is 0 Å². The number of rotatable bonds is 8. The van der Waals surface area contributed by atoms with Gasteiger partial charge in [0.15, 0.2) is 6.10 Å². The molecule has 0 radical (unpaired) electrons. The molecule has 106 valence electrons. The second kappa shape index (κ2) is 8.50.